The van der Waals surface area contributed by atoms with Crippen molar-refractivity contribution in [3.05, 3.63) is 60.4 Å². The number of hydrogen-bond donors (Lipinski definition) is 2. The average molecular weight is 267 g/mol. The van der Waals surface area contributed by atoms with Crippen molar-refractivity contribution in [2.24, 2.45) is 0 Å². The molecule has 0 saturated carbocycles. The molecule has 0 atom stereocenters. The molecule has 0 aliphatic rings. The number of phenols is 1. The highest BCUT2D eigenvalue weighted by atomic mass is 16.3. The molecule has 0 aliphatic carbocycles. The number of anilines is 1. The lowest BCUT2D eigenvalue weighted by molar-refractivity contribution is 0.474. The summed E-state index contributed by atoms with van der Waals surface area (Å²) in [5.41, 5.74) is 2.91. The van der Waals surface area contributed by atoms with Crippen molar-refractivity contribution in [1.29, 1.82) is 0 Å². The quantitative estimate of drug-likeness (QED) is 0.756. The summed E-state index contributed by atoms with van der Waals surface area (Å²) in [5.74, 6) is 0.276. The SMILES string of the molecule is Oc1cccc(CNc2ccc(-n3cnnn3)cc2)c1. The lowest BCUT2D eigenvalue weighted by atomic mass is 10.2. The fourth-order valence-electron chi connectivity index (χ4n) is 1.88. The van der Waals surface area contributed by atoms with E-state index < -0.39 is 0 Å². The van der Waals surface area contributed by atoms with Crippen LogP contribution in [0, 0.1) is 0 Å². The zero-order valence-corrected chi connectivity index (χ0v) is 10.6. The lowest BCUT2D eigenvalue weighted by Crippen LogP contribution is -2.00. The van der Waals surface area contributed by atoms with Crippen LogP contribution in [-0.4, -0.2) is 25.3 Å². The Hall–Kier alpha value is -2.89. The van der Waals surface area contributed by atoms with Gasteiger partial charge in [-0.3, -0.25) is 0 Å². The van der Waals surface area contributed by atoms with Crippen molar-refractivity contribution in [1.82, 2.24) is 20.2 Å². The summed E-state index contributed by atoms with van der Waals surface area (Å²) in [6.07, 6.45) is 1.55. The molecule has 0 aliphatic heterocycles. The number of phenolic OH excluding ortho intramolecular Hbond substituents is 1. The van der Waals surface area contributed by atoms with Crippen LogP contribution in [-0.2, 0) is 6.54 Å². The first-order chi connectivity index (χ1) is 9.81. The molecule has 0 unspecified atom stereocenters. The van der Waals surface area contributed by atoms with Crippen molar-refractivity contribution >= 4 is 5.69 Å². The molecule has 0 amide bonds. The Morgan fingerprint density at radius 2 is 1.95 bits per heavy atom. The highest BCUT2D eigenvalue weighted by molar-refractivity contribution is 5.48. The minimum Gasteiger partial charge on any atom is -0.508 e. The molecule has 0 spiro atoms. The van der Waals surface area contributed by atoms with Crippen LogP contribution >= 0.6 is 0 Å². The Morgan fingerprint density at radius 3 is 2.65 bits per heavy atom. The van der Waals surface area contributed by atoms with Crippen LogP contribution in [0.5, 0.6) is 5.75 Å². The molecule has 2 aromatic carbocycles. The molecule has 1 aromatic heterocycles. The zero-order valence-electron chi connectivity index (χ0n) is 10.6. The number of nitrogens with zero attached hydrogens (tertiary/aromatic N) is 4. The van der Waals surface area contributed by atoms with Gasteiger partial charge < -0.3 is 10.4 Å². The van der Waals surface area contributed by atoms with Crippen LogP contribution < -0.4 is 5.32 Å². The molecular weight excluding hydrogens is 254 g/mol. The molecular formula is C14H13N5O. The predicted octanol–water partition coefficient (Wildman–Crippen LogP) is 1.98. The van der Waals surface area contributed by atoms with Gasteiger partial charge in [0, 0.05) is 12.2 Å². The van der Waals surface area contributed by atoms with Gasteiger partial charge in [0.15, 0.2) is 0 Å². The minimum atomic E-state index is 0.276. The van der Waals surface area contributed by atoms with Gasteiger partial charge in [0.05, 0.1) is 5.69 Å². The van der Waals surface area contributed by atoms with Crippen molar-refractivity contribution < 1.29 is 5.11 Å². The van der Waals surface area contributed by atoms with Crippen molar-refractivity contribution in [2.75, 3.05) is 5.32 Å². The Kier molecular flexibility index (Phi) is 3.28. The van der Waals surface area contributed by atoms with E-state index in [1.54, 1.807) is 23.1 Å². The smallest absolute Gasteiger partial charge is 0.143 e. The first-order valence-electron chi connectivity index (χ1n) is 6.16. The number of hydrogen-bond acceptors (Lipinski definition) is 5. The van der Waals surface area contributed by atoms with E-state index in [0.717, 1.165) is 16.9 Å². The molecule has 3 aromatic rings. The summed E-state index contributed by atoms with van der Waals surface area (Å²) in [6.45, 7) is 0.651. The van der Waals surface area contributed by atoms with Gasteiger partial charge in [0.25, 0.3) is 0 Å². The number of rotatable bonds is 4. The second-order valence-corrected chi connectivity index (χ2v) is 4.32. The number of benzene rings is 2. The average Bonchev–Trinajstić information content (AvgIpc) is 3.00. The number of aromatic nitrogens is 4. The van der Waals surface area contributed by atoms with E-state index >= 15 is 0 Å². The van der Waals surface area contributed by atoms with Crippen LogP contribution in [0.1, 0.15) is 5.56 Å². The summed E-state index contributed by atoms with van der Waals surface area (Å²) >= 11 is 0. The highest BCUT2D eigenvalue weighted by Crippen LogP contribution is 2.15. The molecule has 6 nitrogen and oxygen atoms in total. The summed E-state index contributed by atoms with van der Waals surface area (Å²) in [5, 5.41) is 23.7. The summed E-state index contributed by atoms with van der Waals surface area (Å²) in [7, 11) is 0. The van der Waals surface area contributed by atoms with Crippen molar-refractivity contribution in [3.63, 3.8) is 0 Å². The van der Waals surface area contributed by atoms with E-state index in [1.807, 2.05) is 36.4 Å². The predicted molar refractivity (Wildman–Crippen MR) is 74.6 cm³/mol. The maximum absolute atomic E-state index is 9.40. The van der Waals surface area contributed by atoms with Crippen LogP contribution in [0.2, 0.25) is 0 Å². The summed E-state index contributed by atoms with van der Waals surface area (Å²) in [6, 6.07) is 15.0. The van der Waals surface area contributed by atoms with Gasteiger partial charge in [-0.15, -0.1) is 5.10 Å². The second kappa shape index (κ2) is 5.40. The standard InChI is InChI=1S/C14H13N5O/c20-14-3-1-2-11(8-14)9-15-12-4-6-13(7-5-12)19-10-16-17-18-19/h1-8,10,15,20H,9H2. The third-order valence-electron chi connectivity index (χ3n) is 2.89. The van der Waals surface area contributed by atoms with Crippen LogP contribution in [0.25, 0.3) is 5.69 Å². The highest BCUT2D eigenvalue weighted by Gasteiger charge is 1.99. The van der Waals surface area contributed by atoms with E-state index in [2.05, 4.69) is 20.8 Å². The maximum atomic E-state index is 9.40. The molecule has 100 valence electrons. The topological polar surface area (TPSA) is 75.9 Å². The monoisotopic (exact) mass is 267 g/mol. The molecule has 6 heteroatoms. The molecule has 0 saturated heterocycles. The lowest BCUT2D eigenvalue weighted by Gasteiger charge is -2.07. The Balaban J connectivity index is 1.67. The zero-order chi connectivity index (χ0) is 13.8. The molecule has 0 fully saturated rings. The Labute approximate surface area is 115 Å². The second-order valence-electron chi connectivity index (χ2n) is 4.32. The van der Waals surface area contributed by atoms with E-state index in [1.165, 1.54) is 0 Å². The summed E-state index contributed by atoms with van der Waals surface area (Å²) in [4.78, 5) is 0. The third kappa shape index (κ3) is 2.74. The van der Waals surface area contributed by atoms with Crippen LogP contribution in [0.15, 0.2) is 54.9 Å². The first kappa shape index (κ1) is 12.2. The van der Waals surface area contributed by atoms with E-state index in [0.29, 0.717) is 6.54 Å². The van der Waals surface area contributed by atoms with Gasteiger partial charge >= 0.3 is 0 Å². The molecule has 3 rings (SSSR count). The fourth-order valence-corrected chi connectivity index (χ4v) is 1.88. The van der Waals surface area contributed by atoms with Crippen LogP contribution in [0.3, 0.4) is 0 Å². The number of nitrogens with one attached hydrogen (secondary N) is 1. The number of tetrazole rings is 1. The largest absolute Gasteiger partial charge is 0.508 e. The first-order valence-corrected chi connectivity index (χ1v) is 6.16. The van der Waals surface area contributed by atoms with Gasteiger partial charge in [-0.2, -0.15) is 0 Å². The minimum absolute atomic E-state index is 0.276. The molecule has 20 heavy (non-hydrogen) atoms. The molecule has 0 bridgehead atoms. The fraction of sp³-hybridized carbons (Fsp3) is 0.0714. The van der Waals surface area contributed by atoms with Crippen molar-refractivity contribution in [2.45, 2.75) is 6.54 Å². The molecule has 2 N–H and O–H groups in total. The molecule has 1 heterocycles. The van der Waals surface area contributed by atoms with E-state index in [-0.39, 0.29) is 5.75 Å². The maximum Gasteiger partial charge on any atom is 0.143 e. The van der Waals surface area contributed by atoms with Gasteiger partial charge in [-0.25, -0.2) is 4.68 Å². The van der Waals surface area contributed by atoms with Gasteiger partial charge in [0.2, 0.25) is 0 Å². The third-order valence-corrected chi connectivity index (χ3v) is 2.89. The van der Waals surface area contributed by atoms with E-state index in [9.17, 15) is 5.11 Å². The van der Waals surface area contributed by atoms with Gasteiger partial charge in [0.1, 0.15) is 12.1 Å². The Bertz CT molecular complexity index is 679. The van der Waals surface area contributed by atoms with Gasteiger partial charge in [-0.1, -0.05) is 12.1 Å². The van der Waals surface area contributed by atoms with Gasteiger partial charge in [-0.05, 0) is 52.4 Å². The molecule has 0 radical (unpaired) electrons. The van der Waals surface area contributed by atoms with Crippen LogP contribution in [0.4, 0.5) is 5.69 Å². The summed E-state index contributed by atoms with van der Waals surface area (Å²) < 4.78 is 1.60. The van der Waals surface area contributed by atoms with Crippen molar-refractivity contribution in [3.8, 4) is 11.4 Å². The Morgan fingerprint density at radius 1 is 1.10 bits per heavy atom. The number of aromatic hydroxyl groups is 1. The van der Waals surface area contributed by atoms with E-state index in [4.69, 9.17) is 0 Å². The normalized spacial score (nSPS) is 10.4.